The molecule has 0 spiro atoms. The number of halogens is 1. The first-order valence-corrected chi connectivity index (χ1v) is 10.5. The molecular weight excluding hydrogens is 383 g/mol. The quantitative estimate of drug-likeness (QED) is 0.786. The fourth-order valence-electron chi connectivity index (χ4n) is 4.58. The molecule has 0 aliphatic carbocycles. The van der Waals surface area contributed by atoms with Gasteiger partial charge in [-0.15, -0.1) is 0 Å². The summed E-state index contributed by atoms with van der Waals surface area (Å²) in [5.74, 6) is -0.249. The van der Waals surface area contributed by atoms with E-state index in [1.54, 1.807) is 30.0 Å². The Hall–Kier alpha value is -2.57. The third kappa shape index (κ3) is 4.16. The van der Waals surface area contributed by atoms with Gasteiger partial charge >= 0.3 is 0 Å². The summed E-state index contributed by atoms with van der Waals surface area (Å²) in [5, 5.41) is 11.1. The SMILES string of the molecule is CC(=O)N1CCc2cc(C(=O)CN3CCC[C@](O)(c4ccc(F)cc4)CC3)ccc21. The first-order chi connectivity index (χ1) is 14.4. The zero-order chi connectivity index (χ0) is 21.3. The van der Waals surface area contributed by atoms with Gasteiger partial charge in [0.1, 0.15) is 5.82 Å². The van der Waals surface area contributed by atoms with E-state index in [0.29, 0.717) is 38.0 Å². The monoisotopic (exact) mass is 410 g/mol. The predicted octanol–water partition coefficient (Wildman–Crippen LogP) is 3.29. The first kappa shape index (κ1) is 20.7. The predicted molar refractivity (Wildman–Crippen MR) is 113 cm³/mol. The zero-order valence-corrected chi connectivity index (χ0v) is 17.2. The van der Waals surface area contributed by atoms with Crippen LogP contribution in [0.2, 0.25) is 0 Å². The van der Waals surface area contributed by atoms with Crippen LogP contribution in [-0.4, -0.2) is 47.9 Å². The Kier molecular flexibility index (Phi) is 5.71. The average Bonchev–Trinajstić information content (AvgIpc) is 3.06. The number of carbonyl (C=O) groups excluding carboxylic acids is 2. The minimum Gasteiger partial charge on any atom is -0.385 e. The summed E-state index contributed by atoms with van der Waals surface area (Å²) in [6.07, 6.45) is 2.62. The van der Waals surface area contributed by atoms with Gasteiger partial charge in [-0.3, -0.25) is 14.5 Å². The van der Waals surface area contributed by atoms with E-state index in [2.05, 4.69) is 4.90 Å². The Morgan fingerprint density at radius 1 is 1.07 bits per heavy atom. The molecule has 2 aliphatic heterocycles. The molecule has 1 amide bonds. The van der Waals surface area contributed by atoms with Gasteiger partial charge in [0.15, 0.2) is 5.78 Å². The van der Waals surface area contributed by atoms with Crippen LogP contribution in [0.15, 0.2) is 42.5 Å². The van der Waals surface area contributed by atoms with E-state index in [1.165, 1.54) is 12.1 Å². The van der Waals surface area contributed by atoms with E-state index < -0.39 is 5.60 Å². The second-order valence-corrected chi connectivity index (χ2v) is 8.36. The number of aliphatic hydroxyl groups is 1. The Morgan fingerprint density at radius 3 is 2.57 bits per heavy atom. The number of hydrogen-bond acceptors (Lipinski definition) is 4. The summed E-state index contributed by atoms with van der Waals surface area (Å²) >= 11 is 0. The Labute approximate surface area is 176 Å². The number of benzene rings is 2. The largest absolute Gasteiger partial charge is 0.385 e. The minimum absolute atomic E-state index is 0.0195. The van der Waals surface area contributed by atoms with Gasteiger partial charge < -0.3 is 10.0 Å². The maximum Gasteiger partial charge on any atom is 0.223 e. The molecule has 30 heavy (non-hydrogen) atoms. The van der Waals surface area contributed by atoms with Crippen LogP contribution >= 0.6 is 0 Å². The highest BCUT2D eigenvalue weighted by molar-refractivity contribution is 6.00. The summed E-state index contributed by atoms with van der Waals surface area (Å²) in [4.78, 5) is 28.4. The molecule has 0 radical (unpaired) electrons. The number of carbonyl (C=O) groups is 2. The fraction of sp³-hybridized carbons (Fsp3) is 0.417. The van der Waals surface area contributed by atoms with E-state index in [-0.39, 0.29) is 17.5 Å². The van der Waals surface area contributed by atoms with Gasteiger partial charge in [0.2, 0.25) is 5.91 Å². The molecule has 1 atom stereocenters. The van der Waals surface area contributed by atoms with Gasteiger partial charge in [-0.25, -0.2) is 4.39 Å². The lowest BCUT2D eigenvalue weighted by atomic mass is 9.87. The van der Waals surface area contributed by atoms with E-state index in [0.717, 1.165) is 36.2 Å². The van der Waals surface area contributed by atoms with E-state index in [4.69, 9.17) is 0 Å². The standard InChI is InChI=1S/C24H27FN2O3/c1-17(28)27-13-9-18-15-19(3-8-22(18)27)23(29)16-26-12-2-10-24(30,11-14-26)20-4-6-21(25)7-5-20/h3-8,15,30H,2,9-14,16H2,1H3/t24-/m1/s1. The molecule has 0 saturated carbocycles. The molecule has 1 fully saturated rings. The maximum atomic E-state index is 13.2. The molecule has 4 rings (SSSR count). The highest BCUT2D eigenvalue weighted by Crippen LogP contribution is 2.33. The van der Waals surface area contributed by atoms with Crippen LogP contribution in [0.25, 0.3) is 0 Å². The maximum absolute atomic E-state index is 13.2. The summed E-state index contributed by atoms with van der Waals surface area (Å²) in [6, 6.07) is 11.6. The number of fused-ring (bicyclic) bond motifs is 1. The smallest absolute Gasteiger partial charge is 0.223 e. The van der Waals surface area contributed by atoms with Crippen LogP contribution in [0.5, 0.6) is 0 Å². The van der Waals surface area contributed by atoms with Crippen LogP contribution < -0.4 is 4.90 Å². The van der Waals surface area contributed by atoms with Crippen LogP contribution in [0.4, 0.5) is 10.1 Å². The van der Waals surface area contributed by atoms with Crippen LogP contribution in [0.3, 0.4) is 0 Å². The van der Waals surface area contributed by atoms with E-state index in [9.17, 15) is 19.1 Å². The van der Waals surface area contributed by atoms with Crippen LogP contribution in [-0.2, 0) is 16.8 Å². The van der Waals surface area contributed by atoms with Crippen LogP contribution in [0, 0.1) is 5.82 Å². The highest BCUT2D eigenvalue weighted by atomic mass is 19.1. The van der Waals surface area contributed by atoms with Crippen molar-refractivity contribution in [3.05, 3.63) is 65.0 Å². The van der Waals surface area contributed by atoms with Crippen molar-refractivity contribution in [2.24, 2.45) is 0 Å². The van der Waals surface area contributed by atoms with Crippen molar-refractivity contribution in [2.45, 2.75) is 38.2 Å². The molecule has 0 bridgehead atoms. The minimum atomic E-state index is -0.991. The number of hydrogen-bond donors (Lipinski definition) is 1. The number of rotatable bonds is 4. The summed E-state index contributed by atoms with van der Waals surface area (Å²) in [5.41, 5.74) is 2.34. The lowest BCUT2D eigenvalue weighted by Gasteiger charge is -2.27. The average molecular weight is 410 g/mol. The molecule has 2 aromatic rings. The lowest BCUT2D eigenvalue weighted by molar-refractivity contribution is -0.116. The molecule has 0 aromatic heterocycles. The van der Waals surface area contributed by atoms with E-state index in [1.807, 2.05) is 12.1 Å². The molecule has 0 unspecified atom stereocenters. The summed E-state index contributed by atoms with van der Waals surface area (Å²) in [6.45, 7) is 3.85. The molecule has 6 heteroatoms. The normalized spacial score (nSPS) is 21.9. The van der Waals surface area contributed by atoms with Crippen molar-refractivity contribution in [1.82, 2.24) is 4.90 Å². The topological polar surface area (TPSA) is 60.9 Å². The van der Waals surface area contributed by atoms with E-state index >= 15 is 0 Å². The third-order valence-electron chi connectivity index (χ3n) is 6.33. The Morgan fingerprint density at radius 2 is 1.83 bits per heavy atom. The molecule has 2 aromatic carbocycles. The molecule has 1 N–H and O–H groups in total. The summed E-state index contributed by atoms with van der Waals surface area (Å²) < 4.78 is 13.2. The molecule has 2 aliphatic rings. The highest BCUT2D eigenvalue weighted by Gasteiger charge is 2.32. The van der Waals surface area contributed by atoms with Gasteiger partial charge in [0.05, 0.1) is 12.1 Å². The second kappa shape index (κ2) is 8.28. The number of Topliss-reactive ketones (excluding diaryl/α,β-unsaturated/α-hetero) is 1. The van der Waals surface area contributed by atoms with Gasteiger partial charge in [-0.05, 0) is 73.7 Å². The number of nitrogens with zero attached hydrogens (tertiary/aromatic N) is 2. The zero-order valence-electron chi connectivity index (χ0n) is 17.2. The van der Waals surface area contributed by atoms with Crippen molar-refractivity contribution < 1.29 is 19.1 Å². The fourth-order valence-corrected chi connectivity index (χ4v) is 4.58. The first-order valence-electron chi connectivity index (χ1n) is 10.5. The number of amides is 1. The lowest BCUT2D eigenvalue weighted by Crippen LogP contribution is -2.33. The van der Waals surface area contributed by atoms with Crippen molar-refractivity contribution in [3.63, 3.8) is 0 Å². The third-order valence-corrected chi connectivity index (χ3v) is 6.33. The van der Waals surface area contributed by atoms with Gasteiger partial charge in [-0.2, -0.15) is 0 Å². The summed E-state index contributed by atoms with van der Waals surface area (Å²) in [7, 11) is 0. The number of likely N-dealkylation sites (tertiary alicyclic amines) is 1. The second-order valence-electron chi connectivity index (χ2n) is 8.36. The van der Waals surface area contributed by atoms with Crippen molar-refractivity contribution in [1.29, 1.82) is 0 Å². The Balaban J connectivity index is 1.41. The van der Waals surface area contributed by atoms with Crippen LogP contribution in [0.1, 0.15) is 47.7 Å². The van der Waals surface area contributed by atoms with Gasteiger partial charge in [0, 0.05) is 31.3 Å². The molecule has 1 saturated heterocycles. The van der Waals surface area contributed by atoms with Crippen molar-refractivity contribution >= 4 is 17.4 Å². The Bertz CT molecular complexity index is 959. The molecule has 2 heterocycles. The molecule has 5 nitrogen and oxygen atoms in total. The number of anilines is 1. The van der Waals surface area contributed by atoms with Gasteiger partial charge in [-0.1, -0.05) is 12.1 Å². The van der Waals surface area contributed by atoms with Crippen molar-refractivity contribution in [2.75, 3.05) is 31.1 Å². The molecular formula is C24H27FN2O3. The number of ketones is 1. The van der Waals surface area contributed by atoms with Gasteiger partial charge in [0.25, 0.3) is 0 Å². The van der Waals surface area contributed by atoms with Crippen molar-refractivity contribution in [3.8, 4) is 0 Å². The molecule has 158 valence electrons.